The minimum Gasteiger partial charge on any atom is -0.340 e. The zero-order valence-corrected chi connectivity index (χ0v) is 10.1. The fourth-order valence-corrected chi connectivity index (χ4v) is 1.64. The molecule has 0 amide bonds. The lowest BCUT2D eigenvalue weighted by atomic mass is 10.1. The van der Waals surface area contributed by atoms with E-state index in [4.69, 9.17) is 0 Å². The molecule has 0 atom stereocenters. The summed E-state index contributed by atoms with van der Waals surface area (Å²) in [6.45, 7) is 7.97. The van der Waals surface area contributed by atoms with Crippen molar-refractivity contribution >= 4 is 17.6 Å². The lowest BCUT2D eigenvalue weighted by Gasteiger charge is -2.12. The Balaban J connectivity index is 2.40. The van der Waals surface area contributed by atoms with Crippen LogP contribution >= 0.6 is 0 Å². The zero-order valence-electron chi connectivity index (χ0n) is 10.1. The van der Waals surface area contributed by atoms with Crippen molar-refractivity contribution in [2.45, 2.75) is 13.8 Å². The molecule has 2 rings (SSSR count). The molecule has 0 bridgehead atoms. The van der Waals surface area contributed by atoms with Gasteiger partial charge in [-0.3, -0.25) is 4.98 Å². The van der Waals surface area contributed by atoms with Gasteiger partial charge in [-0.25, -0.2) is 4.98 Å². The minimum absolute atomic E-state index is 0.828. The molecule has 0 saturated carbocycles. The average molecular weight is 225 g/mol. The zero-order chi connectivity index (χ0) is 12.3. The van der Waals surface area contributed by atoms with Gasteiger partial charge in [0.15, 0.2) is 0 Å². The standard InChI is InChI=1S/C14H15N3/c1-4-13-11(3)10(2)9-16-14(13)17-12-5-7-15-8-6-12/h4-9H,1H2,2-3H3,(H,15,16,17). The van der Waals surface area contributed by atoms with Crippen LogP contribution in [0.25, 0.3) is 6.08 Å². The summed E-state index contributed by atoms with van der Waals surface area (Å²) in [5, 5.41) is 3.27. The van der Waals surface area contributed by atoms with Crippen molar-refractivity contribution in [2.24, 2.45) is 0 Å². The lowest BCUT2D eigenvalue weighted by Crippen LogP contribution is -1.99. The van der Waals surface area contributed by atoms with Gasteiger partial charge in [-0.2, -0.15) is 0 Å². The van der Waals surface area contributed by atoms with Crippen LogP contribution < -0.4 is 5.32 Å². The van der Waals surface area contributed by atoms with Crippen molar-refractivity contribution < 1.29 is 0 Å². The van der Waals surface area contributed by atoms with Crippen LogP contribution in [0.4, 0.5) is 11.5 Å². The third-order valence-electron chi connectivity index (χ3n) is 2.79. The third-order valence-corrected chi connectivity index (χ3v) is 2.79. The summed E-state index contributed by atoms with van der Waals surface area (Å²) in [6.07, 6.45) is 7.19. The molecule has 2 heterocycles. The van der Waals surface area contributed by atoms with E-state index in [1.807, 2.05) is 31.3 Å². The van der Waals surface area contributed by atoms with E-state index in [1.54, 1.807) is 12.4 Å². The molecule has 0 aliphatic rings. The summed E-state index contributed by atoms with van der Waals surface area (Å²) < 4.78 is 0. The highest BCUT2D eigenvalue weighted by Crippen LogP contribution is 2.23. The number of rotatable bonds is 3. The molecule has 3 heteroatoms. The highest BCUT2D eigenvalue weighted by Gasteiger charge is 2.06. The Morgan fingerprint density at radius 1 is 1.24 bits per heavy atom. The van der Waals surface area contributed by atoms with Gasteiger partial charge < -0.3 is 5.32 Å². The summed E-state index contributed by atoms with van der Waals surface area (Å²) >= 11 is 0. The third kappa shape index (κ3) is 2.33. The summed E-state index contributed by atoms with van der Waals surface area (Å²) in [5.41, 5.74) is 4.38. The number of hydrogen-bond acceptors (Lipinski definition) is 3. The largest absolute Gasteiger partial charge is 0.340 e. The van der Waals surface area contributed by atoms with Crippen molar-refractivity contribution in [3.8, 4) is 0 Å². The van der Waals surface area contributed by atoms with E-state index >= 15 is 0 Å². The molecular formula is C14H15N3. The highest BCUT2D eigenvalue weighted by atomic mass is 15.0. The number of pyridine rings is 2. The molecule has 1 N–H and O–H groups in total. The first kappa shape index (κ1) is 11.3. The van der Waals surface area contributed by atoms with Crippen LogP contribution in [0.3, 0.4) is 0 Å². The van der Waals surface area contributed by atoms with E-state index < -0.39 is 0 Å². The van der Waals surface area contributed by atoms with Crippen LogP contribution in [0, 0.1) is 13.8 Å². The predicted octanol–water partition coefficient (Wildman–Crippen LogP) is 3.48. The van der Waals surface area contributed by atoms with Gasteiger partial charge in [-0.15, -0.1) is 0 Å². The Hall–Kier alpha value is -2.16. The number of aromatic nitrogens is 2. The van der Waals surface area contributed by atoms with Gasteiger partial charge in [0, 0.05) is 29.8 Å². The Bertz CT molecular complexity index is 533. The van der Waals surface area contributed by atoms with Crippen molar-refractivity contribution in [2.75, 3.05) is 5.32 Å². The van der Waals surface area contributed by atoms with E-state index in [-0.39, 0.29) is 0 Å². The number of anilines is 2. The number of nitrogens with zero attached hydrogens (tertiary/aromatic N) is 2. The van der Waals surface area contributed by atoms with Gasteiger partial charge in [0.2, 0.25) is 0 Å². The van der Waals surface area contributed by atoms with E-state index in [2.05, 4.69) is 28.8 Å². The molecule has 0 radical (unpaired) electrons. The van der Waals surface area contributed by atoms with Crippen molar-refractivity contribution in [3.63, 3.8) is 0 Å². The second kappa shape index (κ2) is 4.78. The van der Waals surface area contributed by atoms with Gasteiger partial charge in [0.25, 0.3) is 0 Å². The molecule has 0 aromatic carbocycles. The second-order valence-electron chi connectivity index (χ2n) is 3.89. The molecular weight excluding hydrogens is 210 g/mol. The smallest absolute Gasteiger partial charge is 0.137 e. The van der Waals surface area contributed by atoms with Crippen LogP contribution in [-0.2, 0) is 0 Å². The molecule has 0 aliphatic heterocycles. The molecule has 0 aliphatic carbocycles. The maximum Gasteiger partial charge on any atom is 0.137 e. The normalized spacial score (nSPS) is 10.0. The summed E-state index contributed by atoms with van der Waals surface area (Å²) in [5.74, 6) is 0.828. The van der Waals surface area contributed by atoms with Gasteiger partial charge in [-0.05, 0) is 37.1 Å². The molecule has 2 aromatic heterocycles. The Labute approximate surface area is 101 Å². The first-order valence-electron chi connectivity index (χ1n) is 5.48. The molecule has 3 nitrogen and oxygen atoms in total. The van der Waals surface area contributed by atoms with Gasteiger partial charge in [-0.1, -0.05) is 12.7 Å². The summed E-state index contributed by atoms with van der Waals surface area (Å²) in [6, 6.07) is 3.81. The monoisotopic (exact) mass is 225 g/mol. The van der Waals surface area contributed by atoms with Crippen LogP contribution in [-0.4, -0.2) is 9.97 Å². The Kier molecular flexibility index (Phi) is 3.19. The number of nitrogens with one attached hydrogen (secondary N) is 1. The number of aryl methyl sites for hydroxylation is 1. The Morgan fingerprint density at radius 3 is 2.59 bits per heavy atom. The predicted molar refractivity (Wildman–Crippen MR) is 71.3 cm³/mol. The van der Waals surface area contributed by atoms with Crippen LogP contribution in [0.1, 0.15) is 16.7 Å². The van der Waals surface area contributed by atoms with Gasteiger partial charge in [0.05, 0.1) is 0 Å². The van der Waals surface area contributed by atoms with Crippen molar-refractivity contribution in [3.05, 3.63) is 54.0 Å². The first-order valence-corrected chi connectivity index (χ1v) is 5.48. The molecule has 2 aromatic rings. The molecule has 0 fully saturated rings. The topological polar surface area (TPSA) is 37.8 Å². The average Bonchev–Trinajstić information content (AvgIpc) is 2.36. The fourth-order valence-electron chi connectivity index (χ4n) is 1.64. The minimum atomic E-state index is 0.828. The maximum absolute atomic E-state index is 4.40. The fraction of sp³-hybridized carbons (Fsp3) is 0.143. The highest BCUT2D eigenvalue weighted by molar-refractivity contribution is 5.70. The van der Waals surface area contributed by atoms with Crippen molar-refractivity contribution in [1.82, 2.24) is 9.97 Å². The summed E-state index contributed by atoms with van der Waals surface area (Å²) in [7, 11) is 0. The van der Waals surface area contributed by atoms with Crippen LogP contribution in [0.2, 0.25) is 0 Å². The van der Waals surface area contributed by atoms with E-state index in [0.29, 0.717) is 0 Å². The van der Waals surface area contributed by atoms with Crippen molar-refractivity contribution in [1.29, 1.82) is 0 Å². The van der Waals surface area contributed by atoms with E-state index in [9.17, 15) is 0 Å². The van der Waals surface area contributed by atoms with Crippen LogP contribution in [0.5, 0.6) is 0 Å². The Morgan fingerprint density at radius 2 is 1.94 bits per heavy atom. The van der Waals surface area contributed by atoms with Gasteiger partial charge in [0.1, 0.15) is 5.82 Å². The first-order chi connectivity index (χ1) is 8.22. The molecule has 0 spiro atoms. The van der Waals surface area contributed by atoms with Crippen LogP contribution in [0.15, 0.2) is 37.3 Å². The number of hydrogen-bond donors (Lipinski definition) is 1. The van der Waals surface area contributed by atoms with Gasteiger partial charge >= 0.3 is 0 Å². The lowest BCUT2D eigenvalue weighted by molar-refractivity contribution is 1.20. The molecule has 0 saturated heterocycles. The quantitative estimate of drug-likeness (QED) is 0.869. The molecule has 86 valence electrons. The van der Waals surface area contributed by atoms with E-state index in [1.165, 1.54) is 11.1 Å². The summed E-state index contributed by atoms with van der Waals surface area (Å²) in [4.78, 5) is 8.38. The SMILES string of the molecule is C=Cc1c(Nc2ccncc2)ncc(C)c1C. The maximum atomic E-state index is 4.40. The molecule has 17 heavy (non-hydrogen) atoms. The molecule has 0 unspecified atom stereocenters. The van der Waals surface area contributed by atoms with E-state index in [0.717, 1.165) is 17.1 Å². The second-order valence-corrected chi connectivity index (χ2v) is 3.89.